The molecule has 0 saturated carbocycles. The minimum absolute atomic E-state index is 0.0788. The predicted molar refractivity (Wildman–Crippen MR) is 61.8 cm³/mol. The highest BCUT2D eigenvalue weighted by atomic mass is 32.1. The molecule has 0 saturated heterocycles. The first-order valence-corrected chi connectivity index (χ1v) is 6.01. The van der Waals surface area contributed by atoms with Crippen molar-refractivity contribution in [3.05, 3.63) is 22.4 Å². The second kappa shape index (κ2) is 6.58. The smallest absolute Gasteiger partial charge is 0.310 e. The molecule has 1 heterocycles. The number of rotatable bonds is 6. The first-order chi connectivity index (χ1) is 7.24. The van der Waals surface area contributed by atoms with E-state index >= 15 is 0 Å². The summed E-state index contributed by atoms with van der Waals surface area (Å²) in [5, 5.41) is 5.10. The molecular weight excluding hydrogens is 210 g/mol. The Morgan fingerprint density at radius 3 is 3.07 bits per heavy atom. The highest BCUT2D eigenvalue weighted by Gasteiger charge is 2.13. The molecule has 0 aromatic carbocycles. The molecule has 1 rings (SSSR count). The first-order valence-electron chi connectivity index (χ1n) is 5.13. The molecule has 0 spiro atoms. The molecule has 1 unspecified atom stereocenters. The minimum atomic E-state index is -0.135. The van der Waals surface area contributed by atoms with Crippen LogP contribution in [0.3, 0.4) is 0 Å². The van der Waals surface area contributed by atoms with Gasteiger partial charge in [-0.3, -0.25) is 4.79 Å². The van der Waals surface area contributed by atoms with Crippen molar-refractivity contribution < 1.29 is 9.53 Å². The van der Waals surface area contributed by atoms with Gasteiger partial charge in [-0.2, -0.15) is 0 Å². The number of hydrogen-bond acceptors (Lipinski definition) is 4. The second-order valence-electron chi connectivity index (χ2n) is 3.40. The van der Waals surface area contributed by atoms with Gasteiger partial charge < -0.3 is 10.1 Å². The SMILES string of the molecule is CCNCC(C)C(=O)OCc1cccs1. The molecule has 4 heteroatoms. The number of esters is 1. The molecule has 15 heavy (non-hydrogen) atoms. The van der Waals surface area contributed by atoms with E-state index < -0.39 is 0 Å². The normalized spacial score (nSPS) is 12.4. The van der Waals surface area contributed by atoms with Gasteiger partial charge in [-0.05, 0) is 18.0 Å². The van der Waals surface area contributed by atoms with Crippen LogP contribution < -0.4 is 5.32 Å². The van der Waals surface area contributed by atoms with Crippen molar-refractivity contribution in [1.29, 1.82) is 0 Å². The molecule has 0 aliphatic heterocycles. The molecule has 0 radical (unpaired) electrons. The molecule has 0 bridgehead atoms. The Morgan fingerprint density at radius 2 is 2.47 bits per heavy atom. The van der Waals surface area contributed by atoms with Crippen LogP contribution in [-0.2, 0) is 16.1 Å². The van der Waals surface area contributed by atoms with Gasteiger partial charge in [0, 0.05) is 11.4 Å². The van der Waals surface area contributed by atoms with Crippen LogP contribution in [0.2, 0.25) is 0 Å². The topological polar surface area (TPSA) is 38.3 Å². The van der Waals surface area contributed by atoms with Crippen LogP contribution in [0, 0.1) is 5.92 Å². The van der Waals surface area contributed by atoms with E-state index in [1.54, 1.807) is 11.3 Å². The fourth-order valence-electron chi connectivity index (χ4n) is 1.12. The monoisotopic (exact) mass is 227 g/mol. The van der Waals surface area contributed by atoms with Crippen molar-refractivity contribution in [2.45, 2.75) is 20.5 Å². The van der Waals surface area contributed by atoms with E-state index in [4.69, 9.17) is 4.74 Å². The lowest BCUT2D eigenvalue weighted by molar-refractivity contribution is -0.149. The lowest BCUT2D eigenvalue weighted by Crippen LogP contribution is -2.27. The lowest BCUT2D eigenvalue weighted by Gasteiger charge is -2.10. The van der Waals surface area contributed by atoms with Crippen LogP contribution in [0.25, 0.3) is 0 Å². The van der Waals surface area contributed by atoms with E-state index in [-0.39, 0.29) is 11.9 Å². The van der Waals surface area contributed by atoms with E-state index in [0.29, 0.717) is 13.2 Å². The molecule has 0 aliphatic rings. The number of hydrogen-bond donors (Lipinski definition) is 1. The van der Waals surface area contributed by atoms with Crippen molar-refractivity contribution in [2.75, 3.05) is 13.1 Å². The standard InChI is InChI=1S/C11H17NO2S/c1-3-12-7-9(2)11(13)14-8-10-5-4-6-15-10/h4-6,9,12H,3,7-8H2,1-2H3. The molecule has 84 valence electrons. The van der Waals surface area contributed by atoms with E-state index in [2.05, 4.69) is 5.32 Å². The van der Waals surface area contributed by atoms with Gasteiger partial charge in [-0.15, -0.1) is 11.3 Å². The van der Waals surface area contributed by atoms with Crippen molar-refractivity contribution in [1.82, 2.24) is 5.32 Å². The van der Waals surface area contributed by atoms with Crippen LogP contribution >= 0.6 is 11.3 Å². The minimum Gasteiger partial charge on any atom is -0.460 e. The van der Waals surface area contributed by atoms with Crippen LogP contribution in [0.15, 0.2) is 17.5 Å². The Hall–Kier alpha value is -0.870. The molecule has 1 aromatic rings. The van der Waals surface area contributed by atoms with Gasteiger partial charge in [0.15, 0.2) is 0 Å². The maximum Gasteiger partial charge on any atom is 0.310 e. The van der Waals surface area contributed by atoms with E-state index in [9.17, 15) is 4.79 Å². The number of carbonyl (C=O) groups excluding carboxylic acids is 1. The van der Waals surface area contributed by atoms with Crippen LogP contribution in [0.4, 0.5) is 0 Å². The van der Waals surface area contributed by atoms with Crippen molar-refractivity contribution in [3.63, 3.8) is 0 Å². The van der Waals surface area contributed by atoms with Crippen molar-refractivity contribution >= 4 is 17.3 Å². The summed E-state index contributed by atoms with van der Waals surface area (Å²) in [6, 6.07) is 3.92. The Labute approximate surface area is 94.5 Å². The summed E-state index contributed by atoms with van der Waals surface area (Å²) in [6.45, 7) is 5.85. The van der Waals surface area contributed by atoms with Crippen LogP contribution in [-0.4, -0.2) is 19.1 Å². The molecule has 1 atom stereocenters. The van der Waals surface area contributed by atoms with Gasteiger partial charge >= 0.3 is 5.97 Å². The maximum absolute atomic E-state index is 11.5. The number of ether oxygens (including phenoxy) is 1. The summed E-state index contributed by atoms with van der Waals surface area (Å²) in [6.07, 6.45) is 0. The van der Waals surface area contributed by atoms with Gasteiger partial charge in [0.25, 0.3) is 0 Å². The third kappa shape index (κ3) is 4.44. The Balaban J connectivity index is 2.23. The summed E-state index contributed by atoms with van der Waals surface area (Å²) in [7, 11) is 0. The Bertz CT molecular complexity index is 285. The average molecular weight is 227 g/mol. The maximum atomic E-state index is 11.5. The highest BCUT2D eigenvalue weighted by molar-refractivity contribution is 7.09. The lowest BCUT2D eigenvalue weighted by atomic mass is 10.2. The first kappa shape index (κ1) is 12.2. The fourth-order valence-corrected chi connectivity index (χ4v) is 1.74. The zero-order valence-corrected chi connectivity index (χ0v) is 9.97. The molecule has 1 aromatic heterocycles. The zero-order chi connectivity index (χ0) is 11.1. The van der Waals surface area contributed by atoms with Crippen molar-refractivity contribution in [2.24, 2.45) is 5.92 Å². The predicted octanol–water partition coefficient (Wildman–Crippen LogP) is 2.04. The Kier molecular flexibility index (Phi) is 5.36. The fraction of sp³-hybridized carbons (Fsp3) is 0.545. The zero-order valence-electron chi connectivity index (χ0n) is 9.16. The third-order valence-electron chi connectivity index (χ3n) is 2.04. The Morgan fingerprint density at radius 1 is 1.67 bits per heavy atom. The van der Waals surface area contributed by atoms with Crippen LogP contribution in [0.1, 0.15) is 18.7 Å². The van der Waals surface area contributed by atoms with Gasteiger partial charge in [-0.25, -0.2) is 0 Å². The number of thiophene rings is 1. The van der Waals surface area contributed by atoms with Crippen molar-refractivity contribution in [3.8, 4) is 0 Å². The summed E-state index contributed by atoms with van der Waals surface area (Å²) in [5.74, 6) is -0.214. The number of carbonyl (C=O) groups is 1. The van der Waals surface area contributed by atoms with E-state index in [1.807, 2.05) is 31.4 Å². The molecule has 0 fully saturated rings. The molecule has 0 amide bonds. The average Bonchev–Trinajstić information content (AvgIpc) is 2.75. The molecule has 1 N–H and O–H groups in total. The summed E-state index contributed by atoms with van der Waals surface area (Å²) in [5.41, 5.74) is 0. The highest BCUT2D eigenvalue weighted by Crippen LogP contribution is 2.10. The molecule has 0 aliphatic carbocycles. The van der Waals surface area contributed by atoms with Crippen LogP contribution in [0.5, 0.6) is 0 Å². The van der Waals surface area contributed by atoms with E-state index in [1.165, 1.54) is 0 Å². The van der Waals surface area contributed by atoms with Gasteiger partial charge in [0.1, 0.15) is 6.61 Å². The van der Waals surface area contributed by atoms with Gasteiger partial charge in [0.05, 0.1) is 5.92 Å². The third-order valence-corrected chi connectivity index (χ3v) is 2.89. The quantitative estimate of drug-likeness (QED) is 0.756. The molecular formula is C11H17NO2S. The summed E-state index contributed by atoms with van der Waals surface area (Å²) >= 11 is 1.60. The second-order valence-corrected chi connectivity index (χ2v) is 4.43. The van der Waals surface area contributed by atoms with E-state index in [0.717, 1.165) is 11.4 Å². The van der Waals surface area contributed by atoms with Gasteiger partial charge in [0.2, 0.25) is 0 Å². The van der Waals surface area contributed by atoms with Gasteiger partial charge in [-0.1, -0.05) is 19.9 Å². The summed E-state index contributed by atoms with van der Waals surface area (Å²) < 4.78 is 5.18. The summed E-state index contributed by atoms with van der Waals surface area (Å²) in [4.78, 5) is 12.6. The largest absolute Gasteiger partial charge is 0.460 e. The molecule has 3 nitrogen and oxygen atoms in total. The number of nitrogens with one attached hydrogen (secondary N) is 1.